The molecule has 2 N–H and O–H groups in total. The van der Waals surface area contributed by atoms with Gasteiger partial charge >= 0.3 is 6.09 Å². The van der Waals surface area contributed by atoms with Crippen LogP contribution in [-0.4, -0.2) is 37.1 Å². The largest absolute Gasteiger partial charge is 0.467 e. The SMILES string of the molecule is CC(=O)NCC1CN(c2ccc(-c3ccc(C(=O)NCc4ccco4)cc3)c(F)c2)C(=O)O1. The van der Waals surface area contributed by atoms with E-state index in [-0.39, 0.29) is 31.4 Å². The molecule has 1 atom stereocenters. The van der Waals surface area contributed by atoms with E-state index in [1.807, 2.05) is 0 Å². The Labute approximate surface area is 189 Å². The molecule has 9 heteroatoms. The molecular weight excluding hydrogens is 429 g/mol. The number of ether oxygens (including phenoxy) is 1. The molecular formula is C24H22FN3O5. The number of hydrogen-bond acceptors (Lipinski definition) is 5. The van der Waals surface area contributed by atoms with Gasteiger partial charge in [-0.15, -0.1) is 0 Å². The van der Waals surface area contributed by atoms with Crippen molar-refractivity contribution in [3.63, 3.8) is 0 Å². The summed E-state index contributed by atoms with van der Waals surface area (Å²) in [7, 11) is 0. The predicted octanol–water partition coefficient (Wildman–Crippen LogP) is 3.48. The molecule has 1 aromatic heterocycles. The molecule has 2 heterocycles. The highest BCUT2D eigenvalue weighted by atomic mass is 19.1. The van der Waals surface area contributed by atoms with Crippen LogP contribution in [0.15, 0.2) is 65.3 Å². The fourth-order valence-corrected chi connectivity index (χ4v) is 3.49. The van der Waals surface area contributed by atoms with Crippen molar-refractivity contribution in [2.75, 3.05) is 18.0 Å². The number of benzene rings is 2. The average Bonchev–Trinajstić information content (AvgIpc) is 3.45. The monoisotopic (exact) mass is 451 g/mol. The minimum absolute atomic E-state index is 0.194. The lowest BCUT2D eigenvalue weighted by atomic mass is 10.0. The summed E-state index contributed by atoms with van der Waals surface area (Å²) in [6.45, 7) is 2.05. The third-order valence-electron chi connectivity index (χ3n) is 5.18. The van der Waals surface area contributed by atoms with Gasteiger partial charge in [-0.3, -0.25) is 14.5 Å². The van der Waals surface area contributed by atoms with Crippen LogP contribution in [0, 0.1) is 5.82 Å². The number of anilines is 1. The van der Waals surface area contributed by atoms with Gasteiger partial charge in [0.05, 0.1) is 31.6 Å². The van der Waals surface area contributed by atoms with E-state index >= 15 is 0 Å². The molecule has 1 aliphatic heterocycles. The Morgan fingerprint density at radius 1 is 1.12 bits per heavy atom. The summed E-state index contributed by atoms with van der Waals surface area (Å²) >= 11 is 0. The maximum Gasteiger partial charge on any atom is 0.414 e. The fourth-order valence-electron chi connectivity index (χ4n) is 3.49. The summed E-state index contributed by atoms with van der Waals surface area (Å²) in [6.07, 6.45) is 0.436. The Kier molecular flexibility index (Phi) is 6.39. The van der Waals surface area contributed by atoms with Gasteiger partial charge in [-0.25, -0.2) is 9.18 Å². The third-order valence-corrected chi connectivity index (χ3v) is 5.18. The normalized spacial score (nSPS) is 15.3. The van der Waals surface area contributed by atoms with Crippen LogP contribution in [0.3, 0.4) is 0 Å². The van der Waals surface area contributed by atoms with Crippen molar-refractivity contribution in [3.8, 4) is 11.1 Å². The number of nitrogens with zero attached hydrogens (tertiary/aromatic N) is 1. The highest BCUT2D eigenvalue weighted by Gasteiger charge is 2.32. The van der Waals surface area contributed by atoms with Crippen LogP contribution in [0.1, 0.15) is 23.0 Å². The minimum atomic E-state index is -0.595. The van der Waals surface area contributed by atoms with Crippen molar-refractivity contribution in [2.45, 2.75) is 19.6 Å². The highest BCUT2D eigenvalue weighted by Crippen LogP contribution is 2.29. The second kappa shape index (κ2) is 9.56. The van der Waals surface area contributed by atoms with Crippen LogP contribution in [0.2, 0.25) is 0 Å². The molecule has 170 valence electrons. The van der Waals surface area contributed by atoms with Crippen molar-refractivity contribution >= 4 is 23.6 Å². The van der Waals surface area contributed by atoms with Crippen molar-refractivity contribution in [1.82, 2.24) is 10.6 Å². The van der Waals surface area contributed by atoms with Gasteiger partial charge in [0.15, 0.2) is 0 Å². The number of carbonyl (C=O) groups excluding carboxylic acids is 3. The van der Waals surface area contributed by atoms with Crippen LogP contribution in [0.5, 0.6) is 0 Å². The summed E-state index contributed by atoms with van der Waals surface area (Å²) in [5.74, 6) is -0.359. The number of hydrogen-bond donors (Lipinski definition) is 2. The van der Waals surface area contributed by atoms with Crippen LogP contribution in [-0.2, 0) is 16.1 Å². The van der Waals surface area contributed by atoms with Gasteiger partial charge in [-0.05, 0) is 48.0 Å². The Balaban J connectivity index is 1.42. The van der Waals surface area contributed by atoms with E-state index < -0.39 is 18.0 Å². The molecule has 1 fully saturated rings. The number of furan rings is 1. The molecule has 0 aliphatic carbocycles. The molecule has 8 nitrogen and oxygen atoms in total. The summed E-state index contributed by atoms with van der Waals surface area (Å²) in [4.78, 5) is 36.8. The minimum Gasteiger partial charge on any atom is -0.467 e. The Bertz CT molecular complexity index is 1160. The maximum absolute atomic E-state index is 14.9. The summed E-state index contributed by atoms with van der Waals surface area (Å²) < 4.78 is 25.3. The molecule has 0 bridgehead atoms. The van der Waals surface area contributed by atoms with Crippen molar-refractivity contribution in [1.29, 1.82) is 0 Å². The van der Waals surface area contributed by atoms with E-state index in [0.717, 1.165) is 0 Å². The summed E-state index contributed by atoms with van der Waals surface area (Å²) in [5, 5.41) is 5.35. The molecule has 2 aromatic carbocycles. The smallest absolute Gasteiger partial charge is 0.414 e. The number of halogens is 1. The number of rotatable bonds is 7. The second-order valence-corrected chi connectivity index (χ2v) is 7.56. The van der Waals surface area contributed by atoms with Crippen LogP contribution < -0.4 is 15.5 Å². The third kappa shape index (κ3) is 5.20. The van der Waals surface area contributed by atoms with Gasteiger partial charge in [0.1, 0.15) is 17.7 Å². The van der Waals surface area contributed by atoms with Crippen LogP contribution >= 0.6 is 0 Å². The fraction of sp³-hybridized carbons (Fsp3) is 0.208. The van der Waals surface area contributed by atoms with E-state index in [0.29, 0.717) is 28.1 Å². The van der Waals surface area contributed by atoms with Crippen LogP contribution in [0.25, 0.3) is 11.1 Å². The number of carbonyl (C=O) groups is 3. The molecule has 3 amide bonds. The summed E-state index contributed by atoms with van der Waals surface area (Å²) in [5.41, 5.74) is 1.73. The topological polar surface area (TPSA) is 101 Å². The quantitative estimate of drug-likeness (QED) is 0.573. The highest BCUT2D eigenvalue weighted by molar-refractivity contribution is 5.94. The Morgan fingerprint density at radius 3 is 2.58 bits per heavy atom. The zero-order chi connectivity index (χ0) is 23.4. The van der Waals surface area contributed by atoms with E-state index in [4.69, 9.17) is 9.15 Å². The van der Waals surface area contributed by atoms with Gasteiger partial charge in [0, 0.05) is 18.1 Å². The number of cyclic esters (lactones) is 1. The zero-order valence-corrected chi connectivity index (χ0v) is 17.8. The lowest BCUT2D eigenvalue weighted by molar-refractivity contribution is -0.119. The first kappa shape index (κ1) is 22.1. The Hall–Kier alpha value is -4.14. The molecule has 1 aliphatic rings. The molecule has 0 radical (unpaired) electrons. The van der Waals surface area contributed by atoms with Crippen LogP contribution in [0.4, 0.5) is 14.9 Å². The molecule has 1 unspecified atom stereocenters. The molecule has 0 spiro atoms. The maximum atomic E-state index is 14.9. The molecule has 1 saturated heterocycles. The predicted molar refractivity (Wildman–Crippen MR) is 118 cm³/mol. The van der Waals surface area contributed by atoms with Crippen molar-refractivity contribution in [3.05, 3.63) is 78.0 Å². The molecule has 3 aromatic rings. The van der Waals surface area contributed by atoms with Gasteiger partial charge in [0.2, 0.25) is 5.91 Å². The first-order valence-corrected chi connectivity index (χ1v) is 10.3. The number of nitrogens with one attached hydrogen (secondary N) is 2. The lowest BCUT2D eigenvalue weighted by Crippen LogP contribution is -2.33. The second-order valence-electron chi connectivity index (χ2n) is 7.56. The van der Waals surface area contributed by atoms with Gasteiger partial charge in [-0.2, -0.15) is 0 Å². The molecule has 33 heavy (non-hydrogen) atoms. The van der Waals surface area contributed by atoms with Crippen molar-refractivity contribution < 1.29 is 27.9 Å². The van der Waals surface area contributed by atoms with E-state index in [9.17, 15) is 18.8 Å². The molecule has 0 saturated carbocycles. The average molecular weight is 451 g/mol. The zero-order valence-electron chi connectivity index (χ0n) is 17.8. The Morgan fingerprint density at radius 2 is 1.91 bits per heavy atom. The van der Waals surface area contributed by atoms with Crippen molar-refractivity contribution in [2.24, 2.45) is 0 Å². The lowest BCUT2D eigenvalue weighted by Gasteiger charge is -2.14. The van der Waals surface area contributed by atoms with Gasteiger partial charge in [0.25, 0.3) is 5.91 Å². The molecule has 4 rings (SSSR count). The van der Waals surface area contributed by atoms with Gasteiger partial charge < -0.3 is 19.8 Å². The first-order chi connectivity index (χ1) is 15.9. The first-order valence-electron chi connectivity index (χ1n) is 10.3. The van der Waals surface area contributed by atoms with E-state index in [2.05, 4.69) is 10.6 Å². The van der Waals surface area contributed by atoms with E-state index in [1.165, 1.54) is 24.2 Å². The van der Waals surface area contributed by atoms with Gasteiger partial charge in [-0.1, -0.05) is 12.1 Å². The van der Waals surface area contributed by atoms with E-state index in [1.54, 1.807) is 48.5 Å². The standard InChI is InChI=1S/C24H22FN3O5/c1-15(29)26-13-20-14-28(24(31)33-20)18-8-9-21(22(25)11-18)16-4-6-17(7-5-16)23(30)27-12-19-3-2-10-32-19/h2-11,20H,12-14H2,1H3,(H,26,29)(H,27,30). The number of amides is 3. The summed E-state index contributed by atoms with van der Waals surface area (Å²) in [6, 6.07) is 14.5.